The molecule has 3 atom stereocenters. The summed E-state index contributed by atoms with van der Waals surface area (Å²) in [6.45, 7) is 9.11. The Bertz CT molecular complexity index is 410. The van der Waals surface area contributed by atoms with E-state index in [1.165, 1.54) is 5.56 Å². The third-order valence-corrected chi connectivity index (χ3v) is 3.95. The van der Waals surface area contributed by atoms with Gasteiger partial charge in [-0.1, -0.05) is 19.9 Å². The highest BCUT2D eigenvalue weighted by Gasteiger charge is 2.26. The van der Waals surface area contributed by atoms with Gasteiger partial charge in [0.1, 0.15) is 5.82 Å². The molecule has 4 heteroatoms. The van der Waals surface area contributed by atoms with Crippen molar-refractivity contribution in [2.75, 3.05) is 24.5 Å². The van der Waals surface area contributed by atoms with Gasteiger partial charge in [0.05, 0.1) is 6.10 Å². The van der Waals surface area contributed by atoms with E-state index in [4.69, 9.17) is 0 Å². The zero-order valence-electron chi connectivity index (χ0n) is 12.1. The summed E-state index contributed by atoms with van der Waals surface area (Å²) in [4.78, 5) is 6.88. The van der Waals surface area contributed by atoms with E-state index < -0.39 is 0 Å². The minimum atomic E-state index is -0.172. The molecule has 1 fully saturated rings. The lowest BCUT2D eigenvalue weighted by atomic mass is 9.96. The van der Waals surface area contributed by atoms with Crippen LogP contribution in [0.15, 0.2) is 18.3 Å². The molecule has 4 nitrogen and oxygen atoms in total. The molecule has 1 aromatic heterocycles. The summed E-state index contributed by atoms with van der Waals surface area (Å²) in [6.07, 6.45) is 2.51. The maximum atomic E-state index is 9.85. The quantitative estimate of drug-likeness (QED) is 0.872. The summed E-state index contributed by atoms with van der Waals surface area (Å²) >= 11 is 0. The Hall–Kier alpha value is -1.13. The number of aliphatic hydroxyl groups is 1. The molecule has 2 N–H and O–H groups in total. The van der Waals surface area contributed by atoms with Crippen molar-refractivity contribution in [2.24, 2.45) is 5.92 Å². The van der Waals surface area contributed by atoms with Gasteiger partial charge in [-0.25, -0.2) is 4.98 Å². The fourth-order valence-corrected chi connectivity index (χ4v) is 2.75. The first-order chi connectivity index (χ1) is 9.13. The molecular formula is C15H25N3O. The summed E-state index contributed by atoms with van der Waals surface area (Å²) in [5.41, 5.74) is 1.24. The van der Waals surface area contributed by atoms with Gasteiger partial charge in [0, 0.05) is 30.9 Å². The molecule has 3 unspecified atom stereocenters. The maximum Gasteiger partial charge on any atom is 0.133 e. The van der Waals surface area contributed by atoms with E-state index in [0.717, 1.165) is 31.9 Å². The Kier molecular flexibility index (Phi) is 4.77. The SMILES string of the molecule is CCNC(C)c1cccnc1N1CCC(O)C(C)C1. The van der Waals surface area contributed by atoms with Gasteiger partial charge in [-0.05, 0) is 31.9 Å². The molecule has 1 aromatic rings. The highest BCUT2D eigenvalue weighted by atomic mass is 16.3. The average Bonchev–Trinajstić information content (AvgIpc) is 2.42. The monoisotopic (exact) mass is 263 g/mol. The van der Waals surface area contributed by atoms with Crippen LogP contribution in [0.3, 0.4) is 0 Å². The molecule has 106 valence electrons. The van der Waals surface area contributed by atoms with Gasteiger partial charge in [0.25, 0.3) is 0 Å². The first kappa shape index (κ1) is 14.3. The standard InChI is InChI=1S/C15H25N3O/c1-4-16-12(3)13-6-5-8-17-15(13)18-9-7-14(19)11(2)10-18/h5-6,8,11-12,14,16,19H,4,7,9-10H2,1-3H3. The molecule has 0 amide bonds. The van der Waals surface area contributed by atoms with E-state index in [1.54, 1.807) is 0 Å². The zero-order valence-corrected chi connectivity index (χ0v) is 12.1. The Labute approximate surface area is 115 Å². The predicted octanol–water partition coefficient (Wildman–Crippen LogP) is 1.96. The topological polar surface area (TPSA) is 48.4 Å². The van der Waals surface area contributed by atoms with Crippen LogP contribution in [-0.2, 0) is 0 Å². The Morgan fingerprint density at radius 3 is 3.05 bits per heavy atom. The van der Waals surface area contributed by atoms with E-state index in [1.807, 2.05) is 12.3 Å². The third kappa shape index (κ3) is 3.25. The Morgan fingerprint density at radius 2 is 2.37 bits per heavy atom. The molecule has 1 aliphatic heterocycles. The zero-order chi connectivity index (χ0) is 13.8. The van der Waals surface area contributed by atoms with Crippen LogP contribution in [-0.4, -0.2) is 35.8 Å². The molecule has 1 aliphatic rings. The van der Waals surface area contributed by atoms with Gasteiger partial charge in [0.15, 0.2) is 0 Å². The van der Waals surface area contributed by atoms with Crippen molar-refractivity contribution in [1.82, 2.24) is 10.3 Å². The van der Waals surface area contributed by atoms with Gasteiger partial charge in [-0.2, -0.15) is 0 Å². The lowest BCUT2D eigenvalue weighted by Crippen LogP contribution is -2.43. The number of hydrogen-bond donors (Lipinski definition) is 2. The molecule has 19 heavy (non-hydrogen) atoms. The fraction of sp³-hybridized carbons (Fsp3) is 0.667. The molecule has 0 spiro atoms. The summed E-state index contributed by atoms with van der Waals surface area (Å²) in [6, 6.07) is 4.44. The van der Waals surface area contributed by atoms with Crippen LogP contribution >= 0.6 is 0 Å². The number of pyridine rings is 1. The van der Waals surface area contributed by atoms with Crippen molar-refractivity contribution >= 4 is 5.82 Å². The van der Waals surface area contributed by atoms with Crippen molar-refractivity contribution in [3.8, 4) is 0 Å². The van der Waals surface area contributed by atoms with Gasteiger partial charge < -0.3 is 15.3 Å². The number of hydrogen-bond acceptors (Lipinski definition) is 4. The van der Waals surface area contributed by atoms with Crippen LogP contribution in [0.25, 0.3) is 0 Å². The average molecular weight is 263 g/mol. The predicted molar refractivity (Wildman–Crippen MR) is 78.3 cm³/mol. The number of rotatable bonds is 4. The van der Waals surface area contributed by atoms with Crippen molar-refractivity contribution < 1.29 is 5.11 Å². The van der Waals surface area contributed by atoms with Crippen molar-refractivity contribution in [2.45, 2.75) is 39.3 Å². The van der Waals surface area contributed by atoms with Crippen molar-refractivity contribution in [3.05, 3.63) is 23.9 Å². The number of nitrogens with zero attached hydrogens (tertiary/aromatic N) is 2. The molecular weight excluding hydrogens is 238 g/mol. The second kappa shape index (κ2) is 6.35. The van der Waals surface area contributed by atoms with Gasteiger partial charge in [-0.15, -0.1) is 0 Å². The maximum absolute atomic E-state index is 9.85. The largest absolute Gasteiger partial charge is 0.393 e. The number of aliphatic hydroxyl groups excluding tert-OH is 1. The normalized spacial score (nSPS) is 25.4. The molecule has 2 heterocycles. The minimum absolute atomic E-state index is 0.172. The second-order valence-corrected chi connectivity index (χ2v) is 5.47. The highest BCUT2D eigenvalue weighted by Crippen LogP contribution is 2.28. The highest BCUT2D eigenvalue weighted by molar-refractivity contribution is 5.48. The van der Waals surface area contributed by atoms with Crippen LogP contribution in [0.1, 0.15) is 38.8 Å². The number of piperidine rings is 1. The lowest BCUT2D eigenvalue weighted by molar-refractivity contribution is 0.0968. The van der Waals surface area contributed by atoms with E-state index in [-0.39, 0.29) is 6.10 Å². The first-order valence-electron chi connectivity index (χ1n) is 7.24. The van der Waals surface area contributed by atoms with Crippen LogP contribution in [0, 0.1) is 5.92 Å². The fourth-order valence-electron chi connectivity index (χ4n) is 2.75. The second-order valence-electron chi connectivity index (χ2n) is 5.47. The molecule has 0 saturated carbocycles. The smallest absolute Gasteiger partial charge is 0.133 e. The van der Waals surface area contributed by atoms with Crippen LogP contribution in [0.2, 0.25) is 0 Å². The lowest BCUT2D eigenvalue weighted by Gasteiger charge is -2.36. The summed E-state index contributed by atoms with van der Waals surface area (Å²) in [5, 5.41) is 13.3. The van der Waals surface area contributed by atoms with Gasteiger partial charge in [-0.3, -0.25) is 0 Å². The summed E-state index contributed by atoms with van der Waals surface area (Å²) in [5.74, 6) is 1.37. The van der Waals surface area contributed by atoms with Crippen LogP contribution in [0.5, 0.6) is 0 Å². The van der Waals surface area contributed by atoms with E-state index in [9.17, 15) is 5.11 Å². The van der Waals surface area contributed by atoms with Gasteiger partial charge in [0.2, 0.25) is 0 Å². The van der Waals surface area contributed by atoms with E-state index >= 15 is 0 Å². The summed E-state index contributed by atoms with van der Waals surface area (Å²) in [7, 11) is 0. The molecule has 1 saturated heterocycles. The summed E-state index contributed by atoms with van der Waals surface area (Å²) < 4.78 is 0. The Morgan fingerprint density at radius 1 is 1.58 bits per heavy atom. The minimum Gasteiger partial charge on any atom is -0.393 e. The number of anilines is 1. The molecule has 0 aliphatic carbocycles. The number of nitrogens with one attached hydrogen (secondary N) is 1. The number of aromatic nitrogens is 1. The van der Waals surface area contributed by atoms with Crippen molar-refractivity contribution in [1.29, 1.82) is 0 Å². The van der Waals surface area contributed by atoms with Crippen LogP contribution in [0.4, 0.5) is 5.82 Å². The molecule has 0 radical (unpaired) electrons. The first-order valence-corrected chi connectivity index (χ1v) is 7.24. The van der Waals surface area contributed by atoms with Crippen molar-refractivity contribution in [3.63, 3.8) is 0 Å². The third-order valence-electron chi connectivity index (χ3n) is 3.95. The molecule has 0 bridgehead atoms. The van der Waals surface area contributed by atoms with E-state index in [2.05, 4.69) is 42.0 Å². The Balaban J connectivity index is 2.20. The van der Waals surface area contributed by atoms with Crippen LogP contribution < -0.4 is 10.2 Å². The van der Waals surface area contributed by atoms with Gasteiger partial charge >= 0.3 is 0 Å². The molecule has 2 rings (SSSR count). The molecule has 0 aromatic carbocycles. The van der Waals surface area contributed by atoms with E-state index in [0.29, 0.717) is 12.0 Å².